The predicted octanol–water partition coefficient (Wildman–Crippen LogP) is 5.36. The van der Waals surface area contributed by atoms with E-state index in [4.69, 9.17) is 4.74 Å². The fraction of sp³-hybridized carbons (Fsp3) is 0.409. The van der Waals surface area contributed by atoms with Gasteiger partial charge in [0.1, 0.15) is 5.75 Å². The summed E-state index contributed by atoms with van der Waals surface area (Å²) in [7, 11) is -4.23. The van der Waals surface area contributed by atoms with Gasteiger partial charge < -0.3 is 19.8 Å². The van der Waals surface area contributed by atoms with Crippen LogP contribution in [0.15, 0.2) is 48.5 Å². The number of unbranched alkanes of at least 4 members (excludes halogenated alkanes) is 5. The molecule has 0 atom stereocenters. The molecule has 0 aliphatic carbocycles. The van der Waals surface area contributed by atoms with E-state index in [0.29, 0.717) is 23.4 Å². The van der Waals surface area contributed by atoms with Crippen LogP contribution in [0.4, 0.5) is 5.69 Å². The van der Waals surface area contributed by atoms with Gasteiger partial charge in [0.2, 0.25) is 0 Å². The van der Waals surface area contributed by atoms with Crippen LogP contribution in [0, 0.1) is 0 Å². The van der Waals surface area contributed by atoms with Crippen LogP contribution in [0.25, 0.3) is 0 Å². The highest BCUT2D eigenvalue weighted by Crippen LogP contribution is 2.40. The summed E-state index contributed by atoms with van der Waals surface area (Å²) < 4.78 is 17.0. The first-order chi connectivity index (χ1) is 13.9. The fourth-order valence-corrected chi connectivity index (χ4v) is 3.69. The molecule has 2 aromatic rings. The minimum absolute atomic E-state index is 0.342. The second-order valence-corrected chi connectivity index (χ2v) is 8.72. The van der Waals surface area contributed by atoms with Gasteiger partial charge in [-0.2, -0.15) is 0 Å². The lowest BCUT2D eigenvalue weighted by Crippen LogP contribution is -2.13. The molecule has 0 fully saturated rings. The van der Waals surface area contributed by atoms with Gasteiger partial charge in [0.05, 0.1) is 12.8 Å². The third-order valence-electron chi connectivity index (χ3n) is 4.53. The van der Waals surface area contributed by atoms with Crippen LogP contribution >= 0.6 is 7.60 Å². The number of nitrogens with one attached hydrogen (secondary N) is 1. The van der Waals surface area contributed by atoms with E-state index in [9.17, 15) is 19.1 Å². The Morgan fingerprint density at radius 1 is 0.966 bits per heavy atom. The van der Waals surface area contributed by atoms with E-state index in [0.717, 1.165) is 18.6 Å². The highest BCUT2D eigenvalue weighted by atomic mass is 31.2. The van der Waals surface area contributed by atoms with Gasteiger partial charge >= 0.3 is 7.60 Å². The van der Waals surface area contributed by atoms with Gasteiger partial charge in [0.15, 0.2) is 0 Å². The molecule has 0 aliphatic rings. The van der Waals surface area contributed by atoms with Gasteiger partial charge in [-0.15, -0.1) is 0 Å². The molecule has 0 unspecified atom stereocenters. The molecule has 0 saturated heterocycles. The lowest BCUT2D eigenvalue weighted by atomic mass is 10.1. The summed E-state index contributed by atoms with van der Waals surface area (Å²) in [5, 5.41) is 2.72. The van der Waals surface area contributed by atoms with Gasteiger partial charge in [-0.1, -0.05) is 57.2 Å². The summed E-state index contributed by atoms with van der Waals surface area (Å²) in [4.78, 5) is 30.9. The van der Waals surface area contributed by atoms with Crippen molar-refractivity contribution in [2.75, 3.05) is 11.9 Å². The van der Waals surface area contributed by atoms with Gasteiger partial charge in [-0.25, -0.2) is 0 Å². The van der Waals surface area contributed by atoms with E-state index >= 15 is 0 Å². The Bertz CT molecular complexity index is 816. The van der Waals surface area contributed by atoms with Crippen molar-refractivity contribution < 1.29 is 23.9 Å². The maximum atomic E-state index is 12.5. The first kappa shape index (κ1) is 23.1. The molecule has 1 amide bonds. The number of hydrogen-bond donors (Lipinski definition) is 3. The highest BCUT2D eigenvalue weighted by molar-refractivity contribution is 7.50. The zero-order chi connectivity index (χ0) is 21.1. The number of anilines is 1. The molecule has 0 spiro atoms. The Labute approximate surface area is 172 Å². The van der Waals surface area contributed by atoms with Gasteiger partial charge in [-0.05, 0) is 42.3 Å². The number of rotatable bonds is 12. The lowest BCUT2D eigenvalue weighted by Gasteiger charge is -2.12. The summed E-state index contributed by atoms with van der Waals surface area (Å²) in [6, 6.07) is 13.5. The first-order valence-corrected chi connectivity index (χ1v) is 11.9. The molecule has 7 heteroatoms. The van der Waals surface area contributed by atoms with Gasteiger partial charge in [0.25, 0.3) is 5.91 Å². The number of para-hydroxylation sites is 1. The zero-order valence-electron chi connectivity index (χ0n) is 16.8. The lowest BCUT2D eigenvalue weighted by molar-refractivity contribution is 0.102. The number of carbonyl (C=O) groups excluding carboxylic acids is 1. The first-order valence-electron chi connectivity index (χ1n) is 10.1. The number of hydrogen-bond acceptors (Lipinski definition) is 3. The summed E-state index contributed by atoms with van der Waals surface area (Å²) >= 11 is 0. The third kappa shape index (κ3) is 8.82. The largest absolute Gasteiger partial charge is 0.494 e. The zero-order valence-corrected chi connectivity index (χ0v) is 17.7. The smallest absolute Gasteiger partial charge is 0.329 e. The maximum Gasteiger partial charge on any atom is 0.329 e. The molecule has 0 heterocycles. The standard InChI is InChI=1S/C22H30NO5P/c1-2-3-4-5-6-9-16-28-20-14-12-18(13-15-20)22(24)23-21-11-8-7-10-19(21)17-29(25,26)27/h7-8,10-15H,2-6,9,16-17H2,1H3,(H,23,24)(H2,25,26,27). The van der Waals surface area contributed by atoms with Crippen molar-refractivity contribution in [2.24, 2.45) is 0 Å². The van der Waals surface area contributed by atoms with Crippen LogP contribution in [-0.4, -0.2) is 22.3 Å². The molecule has 158 valence electrons. The summed E-state index contributed by atoms with van der Waals surface area (Å²) in [6.07, 6.45) is 6.79. The van der Waals surface area contributed by atoms with Crippen LogP contribution in [0.3, 0.4) is 0 Å². The summed E-state index contributed by atoms with van der Waals surface area (Å²) in [6.45, 7) is 2.86. The summed E-state index contributed by atoms with van der Waals surface area (Å²) in [5.74, 6) is 0.377. The van der Waals surface area contributed by atoms with E-state index in [1.807, 2.05) is 0 Å². The second-order valence-electron chi connectivity index (χ2n) is 7.07. The van der Waals surface area contributed by atoms with Crippen molar-refractivity contribution in [3.63, 3.8) is 0 Å². The second kappa shape index (κ2) is 11.8. The molecule has 0 aromatic heterocycles. The van der Waals surface area contributed by atoms with Crippen LogP contribution in [0.2, 0.25) is 0 Å². The monoisotopic (exact) mass is 419 g/mol. The normalized spacial score (nSPS) is 11.3. The molecule has 29 heavy (non-hydrogen) atoms. The molecular weight excluding hydrogens is 389 g/mol. The van der Waals surface area contributed by atoms with E-state index in [2.05, 4.69) is 12.2 Å². The molecule has 0 saturated carbocycles. The molecule has 0 bridgehead atoms. The van der Waals surface area contributed by atoms with Crippen LogP contribution in [-0.2, 0) is 10.7 Å². The molecular formula is C22H30NO5P. The highest BCUT2D eigenvalue weighted by Gasteiger charge is 2.17. The van der Waals surface area contributed by atoms with Gasteiger partial charge in [-0.3, -0.25) is 9.36 Å². The Morgan fingerprint density at radius 2 is 1.62 bits per heavy atom. The Morgan fingerprint density at radius 3 is 2.31 bits per heavy atom. The third-order valence-corrected chi connectivity index (χ3v) is 5.28. The number of ether oxygens (including phenoxy) is 1. The van der Waals surface area contributed by atoms with Crippen molar-refractivity contribution in [1.29, 1.82) is 0 Å². The van der Waals surface area contributed by atoms with Crippen molar-refractivity contribution in [3.05, 3.63) is 59.7 Å². The number of benzene rings is 2. The molecule has 6 nitrogen and oxygen atoms in total. The maximum absolute atomic E-state index is 12.5. The summed E-state index contributed by atoms with van der Waals surface area (Å²) in [5.41, 5.74) is 1.24. The van der Waals surface area contributed by atoms with Crippen molar-refractivity contribution in [2.45, 2.75) is 51.6 Å². The SMILES string of the molecule is CCCCCCCCOc1ccc(C(=O)Nc2ccccc2CP(=O)(O)O)cc1. The topological polar surface area (TPSA) is 95.9 Å². The fourth-order valence-electron chi connectivity index (χ4n) is 2.97. The minimum Gasteiger partial charge on any atom is -0.494 e. The number of carbonyl (C=O) groups is 1. The van der Waals surface area contributed by atoms with E-state index in [-0.39, 0.29) is 5.91 Å². The molecule has 0 radical (unpaired) electrons. The Hall–Kier alpha value is -2.14. The predicted molar refractivity (Wildman–Crippen MR) is 115 cm³/mol. The molecule has 3 N–H and O–H groups in total. The quantitative estimate of drug-likeness (QED) is 0.318. The van der Waals surface area contributed by atoms with Crippen molar-refractivity contribution in [3.8, 4) is 5.75 Å². The van der Waals surface area contributed by atoms with Crippen LogP contribution in [0.1, 0.15) is 61.4 Å². The van der Waals surface area contributed by atoms with E-state index < -0.39 is 13.8 Å². The molecule has 2 aromatic carbocycles. The van der Waals surface area contributed by atoms with Gasteiger partial charge in [0, 0.05) is 11.3 Å². The van der Waals surface area contributed by atoms with E-state index in [1.165, 1.54) is 25.7 Å². The van der Waals surface area contributed by atoms with E-state index in [1.54, 1.807) is 48.5 Å². The Balaban J connectivity index is 1.86. The Kier molecular flexibility index (Phi) is 9.39. The number of amides is 1. The van der Waals surface area contributed by atoms with Crippen molar-refractivity contribution in [1.82, 2.24) is 0 Å². The molecule has 2 rings (SSSR count). The average molecular weight is 419 g/mol. The van der Waals surface area contributed by atoms with Crippen LogP contribution in [0.5, 0.6) is 5.75 Å². The van der Waals surface area contributed by atoms with Crippen LogP contribution < -0.4 is 10.1 Å². The minimum atomic E-state index is -4.23. The van der Waals surface area contributed by atoms with Crippen molar-refractivity contribution >= 4 is 19.2 Å². The molecule has 0 aliphatic heterocycles. The average Bonchev–Trinajstić information content (AvgIpc) is 2.68.